The summed E-state index contributed by atoms with van der Waals surface area (Å²) >= 11 is 6.27. The number of rotatable bonds is 4. The number of aryl methyl sites for hydroxylation is 1. The van der Waals surface area contributed by atoms with Crippen molar-refractivity contribution < 1.29 is 9.68 Å². The summed E-state index contributed by atoms with van der Waals surface area (Å²) in [6.45, 7) is 2.25. The topological polar surface area (TPSA) is 103 Å². The van der Waals surface area contributed by atoms with Crippen LogP contribution in [0.2, 0.25) is 5.02 Å². The quantitative estimate of drug-likeness (QED) is 0.697. The Morgan fingerprint density at radius 1 is 1.41 bits per heavy atom. The van der Waals surface area contributed by atoms with Crippen molar-refractivity contribution in [2.24, 2.45) is 5.92 Å². The summed E-state index contributed by atoms with van der Waals surface area (Å²) in [5.74, 6) is 1.17. The number of aromatic nitrogens is 2. The summed E-state index contributed by atoms with van der Waals surface area (Å²) < 4.78 is 5.21. The number of nitriles is 1. The SMILES string of the molecule is Cc1cnc(Nc2cc(Cl)c3c(c2)COB3O)nc1NC1CCCC1C#N. The van der Waals surface area contributed by atoms with E-state index < -0.39 is 7.12 Å². The molecule has 1 aromatic heterocycles. The Morgan fingerprint density at radius 3 is 3.07 bits per heavy atom. The molecule has 7 nitrogen and oxygen atoms in total. The van der Waals surface area contributed by atoms with Crippen molar-refractivity contribution in [2.75, 3.05) is 10.6 Å². The van der Waals surface area contributed by atoms with Gasteiger partial charge in [-0.05, 0) is 43.9 Å². The Hall–Kier alpha value is -2.34. The minimum Gasteiger partial charge on any atom is -0.423 e. The minimum absolute atomic E-state index is 0.0118. The fourth-order valence-electron chi connectivity index (χ4n) is 3.64. The molecule has 9 heteroatoms. The molecule has 4 rings (SSSR count). The van der Waals surface area contributed by atoms with E-state index in [1.54, 1.807) is 12.3 Å². The largest absolute Gasteiger partial charge is 0.493 e. The Kier molecular flexibility index (Phi) is 4.91. The van der Waals surface area contributed by atoms with Crippen LogP contribution >= 0.6 is 11.6 Å². The summed E-state index contributed by atoms with van der Waals surface area (Å²) in [5.41, 5.74) is 3.10. The van der Waals surface area contributed by atoms with E-state index in [2.05, 4.69) is 26.7 Å². The van der Waals surface area contributed by atoms with Gasteiger partial charge in [0.1, 0.15) is 5.82 Å². The van der Waals surface area contributed by atoms with Gasteiger partial charge < -0.3 is 20.3 Å². The van der Waals surface area contributed by atoms with Crippen LogP contribution in [0.25, 0.3) is 0 Å². The van der Waals surface area contributed by atoms with Gasteiger partial charge in [0.2, 0.25) is 5.95 Å². The van der Waals surface area contributed by atoms with E-state index in [9.17, 15) is 10.3 Å². The van der Waals surface area contributed by atoms with E-state index in [0.717, 1.165) is 41.9 Å². The lowest BCUT2D eigenvalue weighted by Crippen LogP contribution is -2.29. The maximum Gasteiger partial charge on any atom is 0.493 e. The summed E-state index contributed by atoms with van der Waals surface area (Å²) in [7, 11) is -0.979. The number of fused-ring (bicyclic) bond motifs is 1. The van der Waals surface area contributed by atoms with Crippen molar-refractivity contribution in [1.29, 1.82) is 5.26 Å². The third-order valence-electron chi connectivity index (χ3n) is 5.09. The van der Waals surface area contributed by atoms with Crippen LogP contribution in [-0.2, 0) is 11.3 Å². The highest BCUT2D eigenvalue weighted by Gasteiger charge is 2.30. The smallest absolute Gasteiger partial charge is 0.423 e. The van der Waals surface area contributed by atoms with Crippen LogP contribution in [0, 0.1) is 24.2 Å². The fraction of sp³-hybridized carbons (Fsp3) is 0.389. The van der Waals surface area contributed by atoms with Crippen LogP contribution in [0.3, 0.4) is 0 Å². The van der Waals surface area contributed by atoms with Crippen LogP contribution in [0.4, 0.5) is 17.5 Å². The van der Waals surface area contributed by atoms with E-state index in [1.165, 1.54) is 0 Å². The molecule has 0 bridgehead atoms. The van der Waals surface area contributed by atoms with Gasteiger partial charge in [-0.15, -0.1) is 0 Å². The lowest BCUT2D eigenvalue weighted by Gasteiger charge is -2.18. The van der Waals surface area contributed by atoms with Gasteiger partial charge in [0.25, 0.3) is 0 Å². The van der Waals surface area contributed by atoms with E-state index in [1.807, 2.05) is 13.0 Å². The normalized spacial score (nSPS) is 21.0. The molecular formula is C18H19BClN5O2. The van der Waals surface area contributed by atoms with Gasteiger partial charge in [-0.3, -0.25) is 0 Å². The first-order chi connectivity index (χ1) is 13.0. The zero-order chi connectivity index (χ0) is 19.0. The maximum atomic E-state index is 9.80. The average Bonchev–Trinajstić information content (AvgIpc) is 3.24. The van der Waals surface area contributed by atoms with Gasteiger partial charge in [-0.25, -0.2) is 4.98 Å². The van der Waals surface area contributed by atoms with Gasteiger partial charge in [0.05, 0.1) is 18.6 Å². The van der Waals surface area contributed by atoms with Gasteiger partial charge in [0.15, 0.2) is 0 Å². The first-order valence-electron chi connectivity index (χ1n) is 8.94. The zero-order valence-corrected chi connectivity index (χ0v) is 15.6. The molecule has 2 unspecified atom stereocenters. The molecule has 2 heterocycles. The van der Waals surface area contributed by atoms with E-state index in [0.29, 0.717) is 23.0 Å². The van der Waals surface area contributed by atoms with Gasteiger partial charge in [-0.2, -0.15) is 10.2 Å². The predicted molar refractivity (Wildman–Crippen MR) is 104 cm³/mol. The van der Waals surface area contributed by atoms with Crippen molar-refractivity contribution in [3.8, 4) is 6.07 Å². The second-order valence-electron chi connectivity index (χ2n) is 6.96. The summed E-state index contributed by atoms with van der Waals surface area (Å²) in [5, 5.41) is 26.1. The number of halogens is 1. The maximum absolute atomic E-state index is 9.80. The molecule has 1 saturated carbocycles. The molecule has 0 radical (unpaired) electrons. The van der Waals surface area contributed by atoms with E-state index >= 15 is 0 Å². The lowest BCUT2D eigenvalue weighted by molar-refractivity contribution is 0.275. The standard InChI is InChI=1S/C18H19BClN5O2/c1-10-8-22-18(25-17(10)24-15-4-2-3-11(15)7-21)23-13-5-12-9-27-19(26)16(12)14(20)6-13/h5-6,8,11,15,26H,2-4,9H2,1H3,(H2,22,23,24,25). The first-order valence-corrected chi connectivity index (χ1v) is 9.31. The number of nitrogens with one attached hydrogen (secondary N) is 2. The van der Waals surface area contributed by atoms with Gasteiger partial charge in [-0.1, -0.05) is 11.6 Å². The second-order valence-corrected chi connectivity index (χ2v) is 7.37. The zero-order valence-electron chi connectivity index (χ0n) is 14.9. The number of hydrogen-bond acceptors (Lipinski definition) is 7. The van der Waals surface area contributed by atoms with Crippen LogP contribution in [-0.4, -0.2) is 28.2 Å². The molecule has 1 aliphatic heterocycles. The van der Waals surface area contributed by atoms with Crippen molar-refractivity contribution in [2.45, 2.75) is 38.8 Å². The highest BCUT2D eigenvalue weighted by atomic mass is 35.5. The summed E-state index contributed by atoms with van der Waals surface area (Å²) in [6.07, 6.45) is 4.68. The Labute approximate surface area is 162 Å². The molecule has 0 saturated heterocycles. The number of anilines is 3. The molecule has 2 aromatic rings. The Morgan fingerprint density at radius 2 is 2.26 bits per heavy atom. The first kappa shape index (κ1) is 18.0. The van der Waals surface area contributed by atoms with E-state index in [-0.39, 0.29) is 12.0 Å². The number of nitrogens with zero attached hydrogens (tertiary/aromatic N) is 3. The van der Waals surface area contributed by atoms with Crippen LogP contribution < -0.4 is 16.1 Å². The highest BCUT2D eigenvalue weighted by Crippen LogP contribution is 2.29. The fourth-order valence-corrected chi connectivity index (χ4v) is 3.97. The monoisotopic (exact) mass is 383 g/mol. The van der Waals surface area contributed by atoms with Crippen LogP contribution in [0.1, 0.15) is 30.4 Å². The predicted octanol–water partition coefficient (Wildman–Crippen LogP) is 2.50. The van der Waals surface area contributed by atoms with Crippen molar-refractivity contribution in [3.05, 3.63) is 34.5 Å². The molecule has 2 aliphatic rings. The van der Waals surface area contributed by atoms with Gasteiger partial charge in [0, 0.05) is 34.0 Å². The molecule has 27 heavy (non-hydrogen) atoms. The molecular weight excluding hydrogens is 364 g/mol. The lowest BCUT2D eigenvalue weighted by atomic mass is 9.79. The number of benzene rings is 1. The van der Waals surface area contributed by atoms with Crippen molar-refractivity contribution in [3.63, 3.8) is 0 Å². The van der Waals surface area contributed by atoms with Crippen LogP contribution in [0.15, 0.2) is 18.3 Å². The number of hydrogen-bond donors (Lipinski definition) is 3. The average molecular weight is 384 g/mol. The Balaban J connectivity index is 1.55. The third-order valence-corrected chi connectivity index (χ3v) is 5.40. The van der Waals surface area contributed by atoms with Crippen molar-refractivity contribution in [1.82, 2.24) is 9.97 Å². The molecule has 0 spiro atoms. The van der Waals surface area contributed by atoms with E-state index in [4.69, 9.17) is 16.3 Å². The van der Waals surface area contributed by atoms with Crippen molar-refractivity contribution >= 4 is 41.6 Å². The molecule has 2 atom stereocenters. The molecule has 138 valence electrons. The molecule has 0 amide bonds. The van der Waals surface area contributed by atoms with Gasteiger partial charge >= 0.3 is 7.12 Å². The highest BCUT2D eigenvalue weighted by molar-refractivity contribution is 6.65. The molecule has 3 N–H and O–H groups in total. The second kappa shape index (κ2) is 7.35. The summed E-state index contributed by atoms with van der Waals surface area (Å²) in [4.78, 5) is 8.91. The Bertz CT molecular complexity index is 919. The van der Waals surface area contributed by atoms with Crippen LogP contribution in [0.5, 0.6) is 0 Å². The molecule has 1 aliphatic carbocycles. The molecule has 1 fully saturated rings. The minimum atomic E-state index is -0.979. The molecule has 1 aromatic carbocycles. The summed E-state index contributed by atoms with van der Waals surface area (Å²) in [6, 6.07) is 6.08. The third kappa shape index (κ3) is 3.58.